The van der Waals surface area contributed by atoms with E-state index in [0.717, 1.165) is 24.2 Å². The SMILES string of the molecule is Cc1cnc(C(=O)N[C@@H]2CCC(=O)N(C3CC3)[C@H]2c2cncn2C)cn1. The molecule has 0 spiro atoms. The first kappa shape index (κ1) is 16.7. The van der Waals surface area contributed by atoms with E-state index in [1.165, 1.54) is 6.20 Å². The second-order valence-electron chi connectivity index (χ2n) is 7.07. The number of carbonyl (C=O) groups is 2. The first-order valence-electron chi connectivity index (χ1n) is 8.91. The van der Waals surface area contributed by atoms with Gasteiger partial charge in [-0.15, -0.1) is 0 Å². The van der Waals surface area contributed by atoms with Crippen LogP contribution in [0, 0.1) is 6.92 Å². The number of aryl methyl sites for hydroxylation is 2. The van der Waals surface area contributed by atoms with Gasteiger partial charge in [0, 0.05) is 25.7 Å². The molecule has 2 aromatic rings. The fourth-order valence-corrected chi connectivity index (χ4v) is 3.60. The van der Waals surface area contributed by atoms with Gasteiger partial charge in [-0.2, -0.15) is 0 Å². The number of hydrogen-bond donors (Lipinski definition) is 1. The molecular formula is C18H22N6O2. The number of amides is 2. The fourth-order valence-electron chi connectivity index (χ4n) is 3.60. The smallest absolute Gasteiger partial charge is 0.271 e. The van der Waals surface area contributed by atoms with E-state index in [1.54, 1.807) is 18.7 Å². The van der Waals surface area contributed by atoms with Crippen LogP contribution >= 0.6 is 0 Å². The van der Waals surface area contributed by atoms with Gasteiger partial charge in [0.25, 0.3) is 5.91 Å². The van der Waals surface area contributed by atoms with Gasteiger partial charge in [0.1, 0.15) is 5.69 Å². The second-order valence-corrected chi connectivity index (χ2v) is 7.07. The fraction of sp³-hybridized carbons (Fsp3) is 0.500. The van der Waals surface area contributed by atoms with Crippen molar-refractivity contribution in [3.63, 3.8) is 0 Å². The predicted molar refractivity (Wildman–Crippen MR) is 93.1 cm³/mol. The van der Waals surface area contributed by atoms with Crippen molar-refractivity contribution < 1.29 is 9.59 Å². The van der Waals surface area contributed by atoms with Crippen molar-refractivity contribution in [3.05, 3.63) is 42.0 Å². The number of rotatable bonds is 4. The predicted octanol–water partition coefficient (Wildman–Crippen LogP) is 1.14. The molecule has 2 aliphatic rings. The molecule has 1 N–H and O–H groups in total. The molecule has 2 amide bonds. The van der Waals surface area contributed by atoms with Crippen LogP contribution in [0.5, 0.6) is 0 Å². The summed E-state index contributed by atoms with van der Waals surface area (Å²) in [5.41, 5.74) is 1.98. The van der Waals surface area contributed by atoms with Crippen LogP contribution in [0.15, 0.2) is 24.9 Å². The largest absolute Gasteiger partial charge is 0.345 e. The Labute approximate surface area is 151 Å². The van der Waals surface area contributed by atoms with Crippen LogP contribution in [0.4, 0.5) is 0 Å². The second kappa shape index (κ2) is 6.51. The van der Waals surface area contributed by atoms with Gasteiger partial charge in [-0.05, 0) is 26.2 Å². The van der Waals surface area contributed by atoms with Crippen molar-refractivity contribution in [3.8, 4) is 0 Å². The summed E-state index contributed by atoms with van der Waals surface area (Å²) in [7, 11) is 1.91. The molecule has 1 saturated carbocycles. The van der Waals surface area contributed by atoms with Gasteiger partial charge in [-0.1, -0.05) is 0 Å². The number of imidazole rings is 1. The molecule has 1 aliphatic heterocycles. The zero-order valence-corrected chi connectivity index (χ0v) is 14.9. The lowest BCUT2D eigenvalue weighted by Crippen LogP contribution is -2.53. The molecule has 8 nitrogen and oxygen atoms in total. The van der Waals surface area contributed by atoms with Gasteiger partial charge in [0.05, 0.1) is 42.2 Å². The summed E-state index contributed by atoms with van der Waals surface area (Å²) < 4.78 is 1.92. The molecule has 0 radical (unpaired) electrons. The van der Waals surface area contributed by atoms with Gasteiger partial charge in [-0.3, -0.25) is 14.6 Å². The molecule has 3 heterocycles. The minimum atomic E-state index is -0.264. The zero-order valence-electron chi connectivity index (χ0n) is 14.9. The Balaban J connectivity index is 1.62. The molecule has 26 heavy (non-hydrogen) atoms. The lowest BCUT2D eigenvalue weighted by atomic mass is 9.92. The molecule has 0 unspecified atom stereocenters. The lowest BCUT2D eigenvalue weighted by Gasteiger charge is -2.41. The van der Waals surface area contributed by atoms with Crippen molar-refractivity contribution in [2.45, 2.75) is 50.7 Å². The highest BCUT2D eigenvalue weighted by Crippen LogP contribution is 2.40. The van der Waals surface area contributed by atoms with Gasteiger partial charge in [0.15, 0.2) is 0 Å². The number of likely N-dealkylation sites (tertiary alicyclic amines) is 1. The van der Waals surface area contributed by atoms with Crippen molar-refractivity contribution in [2.75, 3.05) is 0 Å². The molecule has 1 saturated heterocycles. The highest BCUT2D eigenvalue weighted by atomic mass is 16.2. The number of aromatic nitrogens is 4. The Morgan fingerprint density at radius 2 is 2.00 bits per heavy atom. The maximum Gasteiger partial charge on any atom is 0.271 e. The molecule has 0 bridgehead atoms. The molecule has 4 rings (SSSR count). The number of carbonyl (C=O) groups excluding carboxylic acids is 2. The van der Waals surface area contributed by atoms with Crippen LogP contribution in [-0.2, 0) is 11.8 Å². The minimum absolute atomic E-state index is 0.152. The molecule has 8 heteroatoms. The lowest BCUT2D eigenvalue weighted by molar-refractivity contribution is -0.138. The summed E-state index contributed by atoms with van der Waals surface area (Å²) in [5, 5.41) is 3.08. The first-order valence-corrected chi connectivity index (χ1v) is 8.91. The summed E-state index contributed by atoms with van der Waals surface area (Å²) in [4.78, 5) is 39.7. The van der Waals surface area contributed by atoms with E-state index < -0.39 is 0 Å². The van der Waals surface area contributed by atoms with Crippen molar-refractivity contribution in [1.29, 1.82) is 0 Å². The Morgan fingerprint density at radius 1 is 1.19 bits per heavy atom. The van der Waals surface area contributed by atoms with Crippen LogP contribution in [0.1, 0.15) is 53.6 Å². The van der Waals surface area contributed by atoms with Crippen molar-refractivity contribution in [2.24, 2.45) is 7.05 Å². The average Bonchev–Trinajstić information content (AvgIpc) is 3.37. The quantitative estimate of drug-likeness (QED) is 0.889. The zero-order chi connectivity index (χ0) is 18.3. The Bertz CT molecular complexity index is 826. The monoisotopic (exact) mass is 354 g/mol. The third-order valence-electron chi connectivity index (χ3n) is 5.07. The van der Waals surface area contributed by atoms with E-state index in [0.29, 0.717) is 12.8 Å². The van der Waals surface area contributed by atoms with E-state index in [4.69, 9.17) is 0 Å². The summed E-state index contributed by atoms with van der Waals surface area (Å²) in [6.45, 7) is 1.83. The van der Waals surface area contributed by atoms with Gasteiger partial charge in [0.2, 0.25) is 5.91 Å². The van der Waals surface area contributed by atoms with E-state index in [1.807, 2.05) is 23.4 Å². The molecular weight excluding hydrogens is 332 g/mol. The molecule has 136 valence electrons. The first-order chi connectivity index (χ1) is 12.5. The van der Waals surface area contributed by atoms with Gasteiger partial charge >= 0.3 is 0 Å². The molecule has 2 atom stereocenters. The van der Waals surface area contributed by atoms with Crippen LogP contribution in [0.2, 0.25) is 0 Å². The standard InChI is InChI=1S/C18H22N6O2/c1-11-7-21-14(8-20-11)18(26)22-13-5-6-16(25)24(12-3-4-12)17(13)15-9-19-10-23(15)2/h7-10,12-13,17H,3-6H2,1-2H3,(H,22,26)/t13-,17-/m1/s1. The third kappa shape index (κ3) is 3.07. The number of piperidine rings is 1. The summed E-state index contributed by atoms with van der Waals surface area (Å²) in [6.07, 6.45) is 9.64. The molecule has 1 aliphatic carbocycles. The van der Waals surface area contributed by atoms with Crippen LogP contribution < -0.4 is 5.32 Å². The Morgan fingerprint density at radius 3 is 2.62 bits per heavy atom. The van der Waals surface area contributed by atoms with Crippen LogP contribution in [0.3, 0.4) is 0 Å². The number of nitrogens with one attached hydrogen (secondary N) is 1. The minimum Gasteiger partial charge on any atom is -0.345 e. The summed E-state index contributed by atoms with van der Waals surface area (Å²) >= 11 is 0. The molecule has 2 aromatic heterocycles. The van der Waals surface area contributed by atoms with Crippen LogP contribution in [-0.4, -0.2) is 48.3 Å². The maximum atomic E-state index is 12.7. The third-order valence-corrected chi connectivity index (χ3v) is 5.07. The Kier molecular flexibility index (Phi) is 4.18. The number of hydrogen-bond acceptors (Lipinski definition) is 5. The van der Waals surface area contributed by atoms with Gasteiger partial charge < -0.3 is 14.8 Å². The van der Waals surface area contributed by atoms with E-state index in [2.05, 4.69) is 20.3 Å². The summed E-state index contributed by atoms with van der Waals surface area (Å²) in [6, 6.07) is -0.126. The number of nitrogens with zero attached hydrogens (tertiary/aromatic N) is 5. The van der Waals surface area contributed by atoms with Crippen LogP contribution in [0.25, 0.3) is 0 Å². The molecule has 2 fully saturated rings. The van der Waals surface area contributed by atoms with E-state index >= 15 is 0 Å². The average molecular weight is 354 g/mol. The Hall–Kier alpha value is -2.77. The van der Waals surface area contributed by atoms with Crippen molar-refractivity contribution >= 4 is 11.8 Å². The normalized spacial score (nSPS) is 23.2. The highest BCUT2D eigenvalue weighted by molar-refractivity contribution is 5.92. The topological polar surface area (TPSA) is 93.0 Å². The van der Waals surface area contributed by atoms with E-state index in [-0.39, 0.29) is 35.6 Å². The van der Waals surface area contributed by atoms with Crippen molar-refractivity contribution in [1.82, 2.24) is 29.7 Å². The van der Waals surface area contributed by atoms with E-state index in [9.17, 15) is 9.59 Å². The van der Waals surface area contributed by atoms with Gasteiger partial charge in [-0.25, -0.2) is 9.97 Å². The molecule has 0 aromatic carbocycles. The maximum absolute atomic E-state index is 12.7. The highest BCUT2D eigenvalue weighted by Gasteiger charge is 2.45. The summed E-state index contributed by atoms with van der Waals surface area (Å²) in [5.74, 6) is -0.112.